The lowest BCUT2D eigenvalue weighted by molar-refractivity contribution is -0.157. The van der Waals surface area contributed by atoms with Gasteiger partial charge in [0.15, 0.2) is 5.96 Å². The highest BCUT2D eigenvalue weighted by Crippen LogP contribution is 2.20. The second-order valence-corrected chi connectivity index (χ2v) is 6.70. The molecule has 0 saturated carbocycles. The fraction of sp³-hybridized carbons (Fsp3) is 0.556. The van der Waals surface area contributed by atoms with Crippen molar-refractivity contribution in [1.29, 1.82) is 0 Å². The van der Waals surface area contributed by atoms with Gasteiger partial charge < -0.3 is 20.4 Å². The van der Waals surface area contributed by atoms with Crippen molar-refractivity contribution in [2.24, 2.45) is 4.99 Å². The molecular weight excluding hydrogens is 359 g/mol. The number of alkyl halides is 3. The fourth-order valence-corrected chi connectivity index (χ4v) is 2.91. The summed E-state index contributed by atoms with van der Waals surface area (Å²) < 4.78 is 37.0. The first-order valence-electron chi connectivity index (χ1n) is 8.77. The van der Waals surface area contributed by atoms with Crippen LogP contribution in [0.2, 0.25) is 0 Å². The molecule has 150 valence electrons. The predicted octanol–water partition coefficient (Wildman–Crippen LogP) is 1.76. The van der Waals surface area contributed by atoms with E-state index < -0.39 is 18.6 Å². The highest BCUT2D eigenvalue weighted by Gasteiger charge is 2.31. The van der Waals surface area contributed by atoms with Crippen molar-refractivity contribution in [3.63, 3.8) is 0 Å². The molecule has 0 aromatic heterocycles. The smallest absolute Gasteiger partial charge is 0.369 e. The largest absolute Gasteiger partial charge is 0.406 e. The van der Waals surface area contributed by atoms with Gasteiger partial charge in [-0.25, -0.2) is 0 Å². The van der Waals surface area contributed by atoms with Gasteiger partial charge in [0.25, 0.3) is 0 Å². The van der Waals surface area contributed by atoms with E-state index >= 15 is 0 Å². The van der Waals surface area contributed by atoms with Crippen LogP contribution in [0.3, 0.4) is 0 Å². The molecule has 1 fully saturated rings. The van der Waals surface area contributed by atoms with Gasteiger partial charge in [0.1, 0.15) is 6.54 Å². The van der Waals surface area contributed by atoms with Gasteiger partial charge in [-0.05, 0) is 25.5 Å². The van der Waals surface area contributed by atoms with E-state index in [1.54, 1.807) is 7.05 Å². The monoisotopic (exact) mass is 385 g/mol. The van der Waals surface area contributed by atoms with Gasteiger partial charge in [-0.15, -0.1) is 0 Å². The number of guanidine groups is 1. The minimum absolute atomic E-state index is 0.139. The number of nitrogens with zero attached hydrogens (tertiary/aromatic N) is 3. The van der Waals surface area contributed by atoms with Crippen LogP contribution in [-0.2, 0) is 4.79 Å². The van der Waals surface area contributed by atoms with Crippen LogP contribution >= 0.6 is 0 Å². The number of hydrogen-bond donors (Lipinski definition) is 2. The first-order chi connectivity index (χ1) is 12.7. The SMILES string of the molecule is CN=C(NCC(=O)N(C)CC(F)(F)F)NC1CCN(c2ccc(C)cc2)C1. The number of hydrogen-bond acceptors (Lipinski definition) is 3. The quantitative estimate of drug-likeness (QED) is 0.599. The molecule has 1 amide bonds. The van der Waals surface area contributed by atoms with E-state index in [2.05, 4.69) is 44.8 Å². The van der Waals surface area contributed by atoms with Gasteiger partial charge in [-0.3, -0.25) is 9.79 Å². The Morgan fingerprint density at radius 1 is 1.33 bits per heavy atom. The number of rotatable bonds is 5. The van der Waals surface area contributed by atoms with Crippen LogP contribution in [-0.4, -0.2) is 69.3 Å². The van der Waals surface area contributed by atoms with Crippen LogP contribution in [0.1, 0.15) is 12.0 Å². The maximum Gasteiger partial charge on any atom is 0.406 e. The molecule has 1 atom stereocenters. The number of carbonyl (C=O) groups excluding carboxylic acids is 1. The summed E-state index contributed by atoms with van der Waals surface area (Å²) in [5.74, 6) is -0.248. The lowest BCUT2D eigenvalue weighted by atomic mass is 10.2. The third-order valence-corrected chi connectivity index (χ3v) is 4.40. The van der Waals surface area contributed by atoms with E-state index in [-0.39, 0.29) is 12.6 Å². The van der Waals surface area contributed by atoms with E-state index in [4.69, 9.17) is 0 Å². The van der Waals surface area contributed by atoms with Crippen LogP contribution < -0.4 is 15.5 Å². The van der Waals surface area contributed by atoms with E-state index in [1.165, 1.54) is 5.56 Å². The van der Waals surface area contributed by atoms with Gasteiger partial charge in [-0.2, -0.15) is 13.2 Å². The second-order valence-electron chi connectivity index (χ2n) is 6.70. The van der Waals surface area contributed by atoms with Crippen LogP contribution in [0.25, 0.3) is 0 Å². The number of likely N-dealkylation sites (N-methyl/N-ethyl adjacent to an activating group) is 1. The molecule has 0 spiro atoms. The van der Waals surface area contributed by atoms with Crippen molar-refractivity contribution in [3.8, 4) is 0 Å². The molecule has 0 bridgehead atoms. The predicted molar refractivity (Wildman–Crippen MR) is 100.0 cm³/mol. The topological polar surface area (TPSA) is 60.0 Å². The first kappa shape index (κ1) is 20.9. The Labute approximate surface area is 157 Å². The average Bonchev–Trinajstić information content (AvgIpc) is 3.05. The normalized spacial score (nSPS) is 17.8. The Morgan fingerprint density at radius 2 is 2.00 bits per heavy atom. The van der Waals surface area contributed by atoms with Crippen molar-refractivity contribution >= 4 is 17.6 Å². The third kappa shape index (κ3) is 6.65. The molecule has 1 heterocycles. The molecular formula is C18H26F3N5O. The summed E-state index contributed by atoms with van der Waals surface area (Å²) in [6.07, 6.45) is -3.51. The summed E-state index contributed by atoms with van der Waals surface area (Å²) in [4.78, 5) is 18.8. The number of carbonyl (C=O) groups is 1. The van der Waals surface area contributed by atoms with Crippen LogP contribution in [0.4, 0.5) is 18.9 Å². The van der Waals surface area contributed by atoms with Crippen molar-refractivity contribution in [2.45, 2.75) is 25.6 Å². The molecule has 0 radical (unpaired) electrons. The minimum Gasteiger partial charge on any atom is -0.369 e. The lowest BCUT2D eigenvalue weighted by Crippen LogP contribution is -2.48. The van der Waals surface area contributed by atoms with E-state index in [0.717, 1.165) is 32.2 Å². The zero-order valence-corrected chi connectivity index (χ0v) is 15.8. The van der Waals surface area contributed by atoms with Crippen molar-refractivity contribution in [3.05, 3.63) is 29.8 Å². The highest BCUT2D eigenvalue weighted by molar-refractivity contribution is 5.86. The molecule has 9 heteroatoms. The molecule has 1 aromatic carbocycles. The molecule has 1 aromatic rings. The van der Waals surface area contributed by atoms with Crippen molar-refractivity contribution < 1.29 is 18.0 Å². The van der Waals surface area contributed by atoms with Crippen molar-refractivity contribution in [1.82, 2.24) is 15.5 Å². The molecule has 1 aliphatic rings. The van der Waals surface area contributed by atoms with Crippen molar-refractivity contribution in [2.75, 3.05) is 45.2 Å². The molecule has 0 aliphatic carbocycles. The van der Waals surface area contributed by atoms with Crippen LogP contribution in [0.15, 0.2) is 29.3 Å². The number of aliphatic imine (C=N–C) groups is 1. The molecule has 2 rings (SSSR count). The number of aryl methyl sites for hydroxylation is 1. The lowest BCUT2D eigenvalue weighted by Gasteiger charge is -2.22. The van der Waals surface area contributed by atoms with Gasteiger partial charge in [0, 0.05) is 38.9 Å². The summed E-state index contributed by atoms with van der Waals surface area (Å²) in [6, 6.07) is 8.44. The number of halogens is 3. The van der Waals surface area contributed by atoms with Crippen LogP contribution in [0.5, 0.6) is 0 Å². The Bertz CT molecular complexity index is 660. The minimum atomic E-state index is -4.41. The standard InChI is InChI=1S/C18H26F3N5O/c1-13-4-6-15(7-5-13)26-9-8-14(11-26)24-17(22-2)23-10-16(27)25(3)12-18(19,20)21/h4-7,14H,8-12H2,1-3H3,(H2,22,23,24). The number of benzene rings is 1. The summed E-state index contributed by atoms with van der Waals surface area (Å²) in [7, 11) is 2.69. The third-order valence-electron chi connectivity index (χ3n) is 4.40. The summed E-state index contributed by atoms with van der Waals surface area (Å²) in [5, 5.41) is 6.01. The average molecular weight is 385 g/mol. The molecule has 1 saturated heterocycles. The summed E-state index contributed by atoms with van der Waals surface area (Å²) >= 11 is 0. The zero-order valence-electron chi connectivity index (χ0n) is 15.8. The van der Waals surface area contributed by atoms with Gasteiger partial charge in [0.2, 0.25) is 5.91 Å². The fourth-order valence-electron chi connectivity index (χ4n) is 2.91. The van der Waals surface area contributed by atoms with E-state index in [1.807, 2.05) is 6.92 Å². The number of nitrogens with one attached hydrogen (secondary N) is 2. The Kier molecular flexibility index (Phi) is 6.92. The first-order valence-corrected chi connectivity index (χ1v) is 8.77. The summed E-state index contributed by atoms with van der Waals surface area (Å²) in [6.45, 7) is 2.20. The number of anilines is 1. The Morgan fingerprint density at radius 3 is 2.59 bits per heavy atom. The number of amides is 1. The van der Waals surface area contributed by atoms with E-state index in [9.17, 15) is 18.0 Å². The molecule has 1 aliphatic heterocycles. The molecule has 27 heavy (non-hydrogen) atoms. The molecule has 2 N–H and O–H groups in total. The van der Waals surface area contributed by atoms with Crippen LogP contribution in [0, 0.1) is 6.92 Å². The highest BCUT2D eigenvalue weighted by atomic mass is 19.4. The Balaban J connectivity index is 1.80. The molecule has 6 nitrogen and oxygen atoms in total. The maximum absolute atomic E-state index is 12.3. The molecule has 1 unspecified atom stereocenters. The Hall–Kier alpha value is -2.45. The zero-order chi connectivity index (χ0) is 20.0. The second kappa shape index (κ2) is 8.96. The van der Waals surface area contributed by atoms with Gasteiger partial charge in [0.05, 0.1) is 6.54 Å². The maximum atomic E-state index is 12.3. The van der Waals surface area contributed by atoms with Gasteiger partial charge >= 0.3 is 6.18 Å². The summed E-state index contributed by atoms with van der Waals surface area (Å²) in [5.41, 5.74) is 2.36. The van der Waals surface area contributed by atoms with Gasteiger partial charge in [-0.1, -0.05) is 17.7 Å². The van der Waals surface area contributed by atoms with E-state index in [0.29, 0.717) is 10.9 Å².